The molecule has 1 N–H and O–H groups in total. The van der Waals surface area contributed by atoms with Crippen LogP contribution in [0.1, 0.15) is 16.8 Å². The van der Waals surface area contributed by atoms with Crippen LogP contribution in [0, 0.1) is 18.6 Å². The van der Waals surface area contributed by atoms with Gasteiger partial charge in [-0.1, -0.05) is 18.2 Å². The second-order valence-electron chi connectivity index (χ2n) is 5.23. The van der Waals surface area contributed by atoms with Gasteiger partial charge in [-0.3, -0.25) is 0 Å². The fraction of sp³-hybridized carbons (Fsp3) is 0.176. The minimum absolute atomic E-state index is 0.141. The first-order valence-electron chi connectivity index (χ1n) is 7.11. The van der Waals surface area contributed by atoms with E-state index in [4.69, 9.17) is 4.74 Å². The van der Waals surface area contributed by atoms with Crippen LogP contribution in [-0.2, 0) is 18.0 Å². The van der Waals surface area contributed by atoms with Crippen LogP contribution in [0.3, 0.4) is 0 Å². The van der Waals surface area contributed by atoms with Crippen molar-refractivity contribution < 1.29 is 13.5 Å². The van der Waals surface area contributed by atoms with Gasteiger partial charge >= 0.3 is 0 Å². The SMILES string of the molecule is Cc1n[nH]nc1-c1cccc(COCc2cc(F)cc(F)c2)c1. The topological polar surface area (TPSA) is 50.8 Å². The van der Waals surface area contributed by atoms with Gasteiger partial charge in [-0.05, 0) is 36.2 Å². The molecule has 3 rings (SSSR count). The second kappa shape index (κ2) is 6.66. The minimum atomic E-state index is -0.605. The first-order chi connectivity index (χ1) is 11.1. The summed E-state index contributed by atoms with van der Waals surface area (Å²) < 4.78 is 31.8. The largest absolute Gasteiger partial charge is 0.372 e. The highest BCUT2D eigenvalue weighted by Crippen LogP contribution is 2.20. The Morgan fingerprint density at radius 2 is 1.70 bits per heavy atom. The van der Waals surface area contributed by atoms with Crippen LogP contribution in [0.5, 0.6) is 0 Å². The summed E-state index contributed by atoms with van der Waals surface area (Å²) in [6.07, 6.45) is 0. The summed E-state index contributed by atoms with van der Waals surface area (Å²) in [6, 6.07) is 11.1. The Morgan fingerprint density at radius 1 is 0.957 bits per heavy atom. The molecule has 0 spiro atoms. The monoisotopic (exact) mass is 315 g/mol. The summed E-state index contributed by atoms with van der Waals surface area (Å²) in [5.41, 5.74) is 3.96. The van der Waals surface area contributed by atoms with E-state index < -0.39 is 11.6 Å². The molecule has 0 aliphatic carbocycles. The van der Waals surface area contributed by atoms with Crippen molar-refractivity contribution in [2.24, 2.45) is 0 Å². The molecule has 0 unspecified atom stereocenters. The van der Waals surface area contributed by atoms with Gasteiger partial charge < -0.3 is 4.74 Å². The smallest absolute Gasteiger partial charge is 0.126 e. The Kier molecular flexibility index (Phi) is 4.43. The van der Waals surface area contributed by atoms with Gasteiger partial charge in [0.15, 0.2) is 0 Å². The number of aromatic amines is 1. The fourth-order valence-corrected chi connectivity index (χ4v) is 2.35. The zero-order chi connectivity index (χ0) is 16.2. The molecule has 3 aromatic rings. The van der Waals surface area contributed by atoms with Crippen molar-refractivity contribution in [3.05, 3.63) is 70.9 Å². The molecule has 2 aromatic carbocycles. The highest BCUT2D eigenvalue weighted by atomic mass is 19.1. The van der Waals surface area contributed by atoms with Gasteiger partial charge in [0.2, 0.25) is 0 Å². The number of aromatic nitrogens is 3. The third-order valence-corrected chi connectivity index (χ3v) is 3.38. The number of aryl methyl sites for hydroxylation is 1. The quantitative estimate of drug-likeness (QED) is 0.779. The molecule has 0 aliphatic rings. The van der Waals surface area contributed by atoms with E-state index in [1.54, 1.807) is 0 Å². The molecule has 0 bridgehead atoms. The number of H-pyrrole nitrogens is 1. The van der Waals surface area contributed by atoms with Crippen LogP contribution in [0.15, 0.2) is 42.5 Å². The molecule has 0 amide bonds. The zero-order valence-electron chi connectivity index (χ0n) is 12.5. The lowest BCUT2D eigenvalue weighted by Crippen LogP contribution is -1.96. The third-order valence-electron chi connectivity index (χ3n) is 3.38. The highest BCUT2D eigenvalue weighted by molar-refractivity contribution is 5.61. The summed E-state index contributed by atoms with van der Waals surface area (Å²) in [4.78, 5) is 0. The van der Waals surface area contributed by atoms with Gasteiger partial charge in [-0.2, -0.15) is 15.4 Å². The fourth-order valence-electron chi connectivity index (χ4n) is 2.35. The molecule has 1 heterocycles. The average Bonchev–Trinajstić information content (AvgIpc) is 2.93. The Balaban J connectivity index is 1.66. The van der Waals surface area contributed by atoms with Crippen LogP contribution < -0.4 is 0 Å². The predicted molar refractivity (Wildman–Crippen MR) is 81.4 cm³/mol. The first-order valence-corrected chi connectivity index (χ1v) is 7.11. The van der Waals surface area contributed by atoms with Gasteiger partial charge in [0, 0.05) is 11.6 Å². The number of hydrogen-bond acceptors (Lipinski definition) is 3. The van der Waals surface area contributed by atoms with Crippen molar-refractivity contribution >= 4 is 0 Å². The van der Waals surface area contributed by atoms with E-state index in [0.717, 1.165) is 28.6 Å². The number of hydrogen-bond donors (Lipinski definition) is 1. The van der Waals surface area contributed by atoms with Crippen LogP contribution in [0.2, 0.25) is 0 Å². The van der Waals surface area contributed by atoms with Gasteiger partial charge in [0.05, 0.1) is 18.9 Å². The molecule has 4 nitrogen and oxygen atoms in total. The van der Waals surface area contributed by atoms with Crippen molar-refractivity contribution in [1.29, 1.82) is 0 Å². The van der Waals surface area contributed by atoms with Gasteiger partial charge in [-0.15, -0.1) is 0 Å². The van der Waals surface area contributed by atoms with Crippen molar-refractivity contribution in [3.8, 4) is 11.3 Å². The van der Waals surface area contributed by atoms with E-state index in [2.05, 4.69) is 15.4 Å². The Hall–Kier alpha value is -2.60. The van der Waals surface area contributed by atoms with Crippen LogP contribution in [0.25, 0.3) is 11.3 Å². The minimum Gasteiger partial charge on any atom is -0.372 e. The second-order valence-corrected chi connectivity index (χ2v) is 5.23. The normalized spacial score (nSPS) is 10.9. The molecule has 0 saturated carbocycles. The van der Waals surface area contributed by atoms with Gasteiger partial charge in [-0.25, -0.2) is 8.78 Å². The van der Waals surface area contributed by atoms with Crippen LogP contribution in [-0.4, -0.2) is 15.4 Å². The number of rotatable bonds is 5. The molecule has 0 atom stereocenters. The first kappa shape index (κ1) is 15.3. The number of nitrogens with zero attached hydrogens (tertiary/aromatic N) is 2. The van der Waals surface area contributed by atoms with E-state index in [-0.39, 0.29) is 6.61 Å². The van der Waals surface area contributed by atoms with E-state index >= 15 is 0 Å². The molecule has 1 aromatic heterocycles. The number of ether oxygens (including phenoxy) is 1. The molecule has 6 heteroatoms. The van der Waals surface area contributed by atoms with E-state index in [1.807, 2.05) is 31.2 Å². The molecular weight excluding hydrogens is 300 g/mol. The summed E-state index contributed by atoms with van der Waals surface area (Å²) >= 11 is 0. The molecule has 0 saturated heterocycles. The lowest BCUT2D eigenvalue weighted by Gasteiger charge is -2.07. The molecular formula is C17H15F2N3O. The molecule has 0 aliphatic heterocycles. The maximum Gasteiger partial charge on any atom is 0.126 e. The Bertz CT molecular complexity index is 797. The predicted octanol–water partition coefficient (Wildman–Crippen LogP) is 3.78. The van der Waals surface area contributed by atoms with E-state index in [0.29, 0.717) is 12.2 Å². The summed E-state index contributed by atoms with van der Waals surface area (Å²) in [7, 11) is 0. The highest BCUT2D eigenvalue weighted by Gasteiger charge is 2.07. The number of benzene rings is 2. The Morgan fingerprint density at radius 3 is 2.39 bits per heavy atom. The van der Waals surface area contributed by atoms with E-state index in [1.165, 1.54) is 12.1 Å². The summed E-state index contributed by atoms with van der Waals surface area (Å²) in [6.45, 7) is 2.35. The molecule has 118 valence electrons. The van der Waals surface area contributed by atoms with Crippen molar-refractivity contribution in [2.75, 3.05) is 0 Å². The van der Waals surface area contributed by atoms with E-state index in [9.17, 15) is 8.78 Å². The van der Waals surface area contributed by atoms with Crippen LogP contribution in [0.4, 0.5) is 8.78 Å². The number of halogens is 2. The zero-order valence-corrected chi connectivity index (χ0v) is 12.5. The van der Waals surface area contributed by atoms with Crippen molar-refractivity contribution in [1.82, 2.24) is 15.4 Å². The van der Waals surface area contributed by atoms with Gasteiger partial charge in [0.25, 0.3) is 0 Å². The van der Waals surface area contributed by atoms with Crippen LogP contribution >= 0.6 is 0 Å². The molecule has 23 heavy (non-hydrogen) atoms. The maximum absolute atomic E-state index is 13.1. The molecule has 0 fully saturated rings. The maximum atomic E-state index is 13.1. The summed E-state index contributed by atoms with van der Waals surface area (Å²) in [5, 5.41) is 10.7. The average molecular weight is 315 g/mol. The lowest BCUT2D eigenvalue weighted by atomic mass is 10.1. The third kappa shape index (κ3) is 3.78. The Labute approximate surface area is 132 Å². The molecule has 0 radical (unpaired) electrons. The standard InChI is InChI=1S/C17H15F2N3O/c1-11-17(21-22-20-11)14-4-2-3-12(5-14)9-23-10-13-6-15(18)8-16(19)7-13/h2-8H,9-10H2,1H3,(H,20,21,22). The summed E-state index contributed by atoms with van der Waals surface area (Å²) in [5.74, 6) is -1.21. The van der Waals surface area contributed by atoms with Crippen molar-refractivity contribution in [2.45, 2.75) is 20.1 Å². The lowest BCUT2D eigenvalue weighted by molar-refractivity contribution is 0.107. The van der Waals surface area contributed by atoms with Crippen molar-refractivity contribution in [3.63, 3.8) is 0 Å². The van der Waals surface area contributed by atoms with Gasteiger partial charge in [0.1, 0.15) is 17.3 Å². The number of nitrogens with one attached hydrogen (secondary N) is 1.